The summed E-state index contributed by atoms with van der Waals surface area (Å²) in [6.45, 7) is 0.202. The van der Waals surface area contributed by atoms with Crippen molar-refractivity contribution in [3.8, 4) is 5.75 Å². The maximum Gasteiger partial charge on any atom is 0.295 e. The van der Waals surface area contributed by atoms with Gasteiger partial charge in [-0.05, 0) is 34.0 Å². The lowest BCUT2D eigenvalue weighted by molar-refractivity contribution is -0.140. The first-order chi connectivity index (χ1) is 16.6. The highest BCUT2D eigenvalue weighted by Crippen LogP contribution is 2.41. The number of benzene rings is 4. The van der Waals surface area contributed by atoms with E-state index < -0.39 is 17.7 Å². The van der Waals surface area contributed by atoms with E-state index in [1.54, 1.807) is 13.2 Å². The number of aliphatic hydroxyl groups excluding tert-OH is 1. The second kappa shape index (κ2) is 8.87. The Morgan fingerprint density at radius 2 is 1.59 bits per heavy atom. The number of Topliss-reactive ketones (excluding diaryl/α,β-unsaturated/α-hetero) is 1. The van der Waals surface area contributed by atoms with E-state index >= 15 is 0 Å². The Bertz CT molecular complexity index is 1420. The van der Waals surface area contributed by atoms with Crippen LogP contribution < -0.4 is 4.74 Å². The molecule has 168 valence electrons. The number of ether oxygens (including phenoxy) is 1. The van der Waals surface area contributed by atoms with E-state index in [0.29, 0.717) is 11.3 Å². The first kappa shape index (κ1) is 21.5. The van der Waals surface area contributed by atoms with Gasteiger partial charge in [-0.25, -0.2) is 0 Å². The lowest BCUT2D eigenvalue weighted by atomic mass is 9.93. The molecule has 1 atom stereocenters. The fourth-order valence-electron chi connectivity index (χ4n) is 4.57. The van der Waals surface area contributed by atoms with Crippen LogP contribution in [0.25, 0.3) is 16.5 Å². The molecule has 1 amide bonds. The summed E-state index contributed by atoms with van der Waals surface area (Å²) in [6.07, 6.45) is 0. The molecule has 1 aliphatic rings. The highest BCUT2D eigenvalue weighted by Gasteiger charge is 2.46. The maximum atomic E-state index is 13.3. The molecule has 0 aromatic heterocycles. The molecule has 1 heterocycles. The molecular weight excluding hydrogens is 426 g/mol. The molecule has 1 aliphatic heterocycles. The molecule has 5 nitrogen and oxygen atoms in total. The number of aliphatic hydroxyl groups is 1. The smallest absolute Gasteiger partial charge is 0.295 e. The maximum absolute atomic E-state index is 13.3. The van der Waals surface area contributed by atoms with Gasteiger partial charge < -0.3 is 14.7 Å². The normalized spacial score (nSPS) is 17.3. The summed E-state index contributed by atoms with van der Waals surface area (Å²) in [5.41, 5.74) is 2.20. The minimum absolute atomic E-state index is 0.0930. The van der Waals surface area contributed by atoms with Crippen molar-refractivity contribution < 1.29 is 19.4 Å². The minimum Gasteiger partial charge on any atom is -0.507 e. The van der Waals surface area contributed by atoms with Gasteiger partial charge in [0, 0.05) is 12.1 Å². The molecule has 1 N–H and O–H groups in total. The van der Waals surface area contributed by atoms with E-state index in [-0.39, 0.29) is 17.9 Å². The summed E-state index contributed by atoms with van der Waals surface area (Å²) in [5, 5.41) is 13.2. The van der Waals surface area contributed by atoms with Crippen LogP contribution in [0, 0.1) is 0 Å². The third-order valence-electron chi connectivity index (χ3n) is 6.19. The predicted molar refractivity (Wildman–Crippen MR) is 131 cm³/mol. The average Bonchev–Trinajstić information content (AvgIpc) is 3.13. The Morgan fingerprint density at radius 1 is 0.882 bits per heavy atom. The van der Waals surface area contributed by atoms with E-state index in [1.807, 2.05) is 91.0 Å². The fourth-order valence-corrected chi connectivity index (χ4v) is 4.57. The number of nitrogens with zero attached hydrogens (tertiary/aromatic N) is 1. The zero-order chi connectivity index (χ0) is 23.7. The van der Waals surface area contributed by atoms with Crippen LogP contribution in [0.2, 0.25) is 0 Å². The molecule has 5 heteroatoms. The molecular formula is C29H23NO4. The van der Waals surface area contributed by atoms with Crippen LogP contribution in [0.3, 0.4) is 0 Å². The Balaban J connectivity index is 1.68. The van der Waals surface area contributed by atoms with Crippen LogP contribution in [-0.2, 0) is 16.1 Å². The molecule has 0 radical (unpaired) electrons. The third-order valence-corrected chi connectivity index (χ3v) is 6.19. The molecule has 0 aliphatic carbocycles. The Morgan fingerprint density at radius 3 is 2.38 bits per heavy atom. The molecule has 1 saturated heterocycles. The first-order valence-electron chi connectivity index (χ1n) is 11.0. The fraction of sp³-hybridized carbons (Fsp3) is 0.103. The van der Waals surface area contributed by atoms with E-state index in [9.17, 15) is 14.7 Å². The van der Waals surface area contributed by atoms with Crippen LogP contribution >= 0.6 is 0 Å². The summed E-state index contributed by atoms with van der Waals surface area (Å²) >= 11 is 0. The quantitative estimate of drug-likeness (QED) is 0.249. The van der Waals surface area contributed by atoms with Gasteiger partial charge in [-0.3, -0.25) is 9.59 Å². The van der Waals surface area contributed by atoms with Gasteiger partial charge in [0.15, 0.2) is 0 Å². The van der Waals surface area contributed by atoms with Crippen LogP contribution in [-0.4, -0.2) is 28.8 Å². The van der Waals surface area contributed by atoms with Gasteiger partial charge in [0.2, 0.25) is 0 Å². The van der Waals surface area contributed by atoms with Crippen molar-refractivity contribution in [2.75, 3.05) is 7.11 Å². The number of amides is 1. The SMILES string of the molecule is COc1cccc(CN2C(=O)C(=O)/C(=C(\O)c3cccc4ccccc34)C2c2ccccc2)c1. The number of methoxy groups -OCH3 is 1. The zero-order valence-corrected chi connectivity index (χ0v) is 18.6. The molecule has 0 saturated carbocycles. The van der Waals surface area contributed by atoms with Gasteiger partial charge >= 0.3 is 0 Å². The van der Waals surface area contributed by atoms with Crippen LogP contribution in [0.5, 0.6) is 5.75 Å². The summed E-state index contributed by atoms with van der Waals surface area (Å²) in [5.74, 6) is -0.834. The Hall–Kier alpha value is -4.38. The monoisotopic (exact) mass is 449 g/mol. The van der Waals surface area contributed by atoms with Gasteiger partial charge in [0.05, 0.1) is 18.7 Å². The zero-order valence-electron chi connectivity index (χ0n) is 18.6. The number of hydrogen-bond donors (Lipinski definition) is 1. The summed E-state index contributed by atoms with van der Waals surface area (Å²) in [6, 6.07) is 29.2. The number of hydrogen-bond acceptors (Lipinski definition) is 4. The van der Waals surface area contributed by atoms with Gasteiger partial charge in [-0.1, -0.05) is 84.9 Å². The van der Waals surface area contributed by atoms with Crippen molar-refractivity contribution in [2.45, 2.75) is 12.6 Å². The Kier molecular flexibility index (Phi) is 5.60. The molecule has 1 fully saturated rings. The van der Waals surface area contributed by atoms with Gasteiger partial charge in [-0.2, -0.15) is 0 Å². The summed E-state index contributed by atoms with van der Waals surface area (Å²) in [7, 11) is 1.58. The number of carbonyl (C=O) groups is 2. The molecule has 0 bridgehead atoms. The minimum atomic E-state index is -0.716. The van der Waals surface area contributed by atoms with Crippen molar-refractivity contribution in [3.05, 3.63) is 119 Å². The molecule has 1 unspecified atom stereocenters. The largest absolute Gasteiger partial charge is 0.507 e. The van der Waals surface area contributed by atoms with Crippen molar-refractivity contribution in [2.24, 2.45) is 0 Å². The number of carbonyl (C=O) groups excluding carboxylic acids is 2. The van der Waals surface area contributed by atoms with E-state index in [0.717, 1.165) is 21.9 Å². The highest BCUT2D eigenvalue weighted by atomic mass is 16.5. The molecule has 34 heavy (non-hydrogen) atoms. The average molecular weight is 450 g/mol. The lowest BCUT2D eigenvalue weighted by Crippen LogP contribution is -2.29. The molecule has 0 spiro atoms. The van der Waals surface area contributed by atoms with Crippen molar-refractivity contribution >= 4 is 28.2 Å². The second-order valence-electron chi connectivity index (χ2n) is 8.22. The van der Waals surface area contributed by atoms with E-state index in [2.05, 4.69) is 0 Å². The lowest BCUT2D eigenvalue weighted by Gasteiger charge is -2.25. The molecule has 5 rings (SSSR count). The number of likely N-dealkylation sites (tertiary alicyclic amines) is 1. The van der Waals surface area contributed by atoms with Crippen LogP contribution in [0.4, 0.5) is 0 Å². The summed E-state index contributed by atoms with van der Waals surface area (Å²) in [4.78, 5) is 28.1. The highest BCUT2D eigenvalue weighted by molar-refractivity contribution is 6.46. The van der Waals surface area contributed by atoms with Crippen molar-refractivity contribution in [1.82, 2.24) is 4.90 Å². The molecule has 4 aromatic carbocycles. The second-order valence-corrected chi connectivity index (χ2v) is 8.22. The van der Waals surface area contributed by atoms with Crippen molar-refractivity contribution in [1.29, 1.82) is 0 Å². The van der Waals surface area contributed by atoms with E-state index in [4.69, 9.17) is 4.74 Å². The van der Waals surface area contributed by atoms with Gasteiger partial charge in [0.25, 0.3) is 11.7 Å². The first-order valence-corrected chi connectivity index (χ1v) is 11.0. The number of fused-ring (bicyclic) bond motifs is 1. The van der Waals surface area contributed by atoms with Gasteiger partial charge in [0.1, 0.15) is 11.5 Å². The van der Waals surface area contributed by atoms with Crippen LogP contribution in [0.15, 0.2) is 103 Å². The topological polar surface area (TPSA) is 66.8 Å². The Labute approximate surface area is 197 Å². The molecule has 4 aromatic rings. The van der Waals surface area contributed by atoms with Gasteiger partial charge in [-0.15, -0.1) is 0 Å². The van der Waals surface area contributed by atoms with Crippen molar-refractivity contribution in [3.63, 3.8) is 0 Å². The third kappa shape index (κ3) is 3.71. The van der Waals surface area contributed by atoms with Crippen LogP contribution in [0.1, 0.15) is 22.7 Å². The predicted octanol–water partition coefficient (Wildman–Crippen LogP) is 5.47. The number of ketones is 1. The summed E-state index contributed by atoms with van der Waals surface area (Å²) < 4.78 is 5.32. The number of rotatable bonds is 5. The standard InChI is InChI=1S/C29H23NO4/c1-34-22-14-7-9-19(17-22)18-30-26(21-11-3-2-4-12-21)25(28(32)29(30)33)27(31)24-16-8-13-20-10-5-6-15-23(20)24/h2-17,26,31H,18H2,1H3/b27-25-. The van der Waals surface area contributed by atoms with E-state index in [1.165, 1.54) is 4.90 Å².